The molecule has 0 aliphatic heterocycles. The van der Waals surface area contributed by atoms with Crippen LogP contribution < -0.4 is 5.73 Å². The summed E-state index contributed by atoms with van der Waals surface area (Å²) in [5.41, 5.74) is 5.55. The van der Waals surface area contributed by atoms with Crippen LogP contribution in [-0.4, -0.2) is 32.3 Å². The molecule has 0 rings (SSSR count). The van der Waals surface area contributed by atoms with Gasteiger partial charge in [-0.25, -0.2) is 0 Å². The molecule has 1 atom stereocenters. The van der Waals surface area contributed by atoms with Crippen LogP contribution in [0.5, 0.6) is 0 Å². The Morgan fingerprint density at radius 1 is 1.00 bits per heavy atom. The summed E-state index contributed by atoms with van der Waals surface area (Å²) in [6.07, 6.45) is 0.819. The summed E-state index contributed by atoms with van der Waals surface area (Å²) in [6, 6.07) is 0. The number of ether oxygens (including phenoxy) is 3. The average molecular weight is 219 g/mol. The second kappa shape index (κ2) is 8.05. The van der Waals surface area contributed by atoms with Gasteiger partial charge in [-0.2, -0.15) is 0 Å². The highest BCUT2D eigenvalue weighted by molar-refractivity contribution is 4.68. The molecule has 15 heavy (non-hydrogen) atoms. The van der Waals surface area contributed by atoms with Crippen LogP contribution in [-0.2, 0) is 14.2 Å². The summed E-state index contributed by atoms with van der Waals surface area (Å²) in [5, 5.41) is 0. The summed E-state index contributed by atoms with van der Waals surface area (Å²) in [6.45, 7) is 10.1. The standard InChI is InChI=1S/C11H25NO3/c1-5-13-11(14-6-2,15-7-3)10(4)8-9-12/h10H,5-9,12H2,1-4H3. The lowest BCUT2D eigenvalue weighted by Crippen LogP contribution is -2.46. The van der Waals surface area contributed by atoms with Gasteiger partial charge in [-0.1, -0.05) is 6.92 Å². The van der Waals surface area contributed by atoms with E-state index in [9.17, 15) is 0 Å². The normalized spacial score (nSPS) is 14.2. The molecule has 0 bridgehead atoms. The zero-order valence-corrected chi connectivity index (χ0v) is 10.4. The Morgan fingerprint density at radius 3 is 1.67 bits per heavy atom. The van der Waals surface area contributed by atoms with Crippen molar-refractivity contribution >= 4 is 0 Å². The van der Waals surface area contributed by atoms with Crippen molar-refractivity contribution in [3.63, 3.8) is 0 Å². The van der Waals surface area contributed by atoms with Gasteiger partial charge in [-0.05, 0) is 33.7 Å². The molecule has 0 amide bonds. The first kappa shape index (κ1) is 14.8. The molecule has 0 aromatic carbocycles. The van der Waals surface area contributed by atoms with Crippen molar-refractivity contribution in [3.05, 3.63) is 0 Å². The van der Waals surface area contributed by atoms with E-state index in [4.69, 9.17) is 19.9 Å². The molecule has 0 saturated carbocycles. The second-order valence-corrected chi connectivity index (χ2v) is 3.38. The zero-order chi connectivity index (χ0) is 11.7. The van der Waals surface area contributed by atoms with Crippen LogP contribution >= 0.6 is 0 Å². The molecule has 4 heteroatoms. The van der Waals surface area contributed by atoms with Crippen molar-refractivity contribution in [1.29, 1.82) is 0 Å². The van der Waals surface area contributed by atoms with E-state index in [-0.39, 0.29) is 5.92 Å². The summed E-state index contributed by atoms with van der Waals surface area (Å²) in [7, 11) is 0. The van der Waals surface area contributed by atoms with Gasteiger partial charge in [0.25, 0.3) is 5.97 Å². The average Bonchev–Trinajstić information content (AvgIpc) is 2.19. The van der Waals surface area contributed by atoms with Gasteiger partial charge >= 0.3 is 0 Å². The number of hydrogen-bond donors (Lipinski definition) is 1. The van der Waals surface area contributed by atoms with Crippen LogP contribution in [0.4, 0.5) is 0 Å². The third kappa shape index (κ3) is 4.47. The Bertz CT molecular complexity index is 136. The highest BCUT2D eigenvalue weighted by atomic mass is 16.9. The predicted molar refractivity (Wildman–Crippen MR) is 60.4 cm³/mol. The maximum atomic E-state index is 5.62. The quantitative estimate of drug-likeness (QED) is 0.600. The Kier molecular flexibility index (Phi) is 7.96. The second-order valence-electron chi connectivity index (χ2n) is 3.38. The lowest BCUT2D eigenvalue weighted by Gasteiger charge is -2.37. The van der Waals surface area contributed by atoms with E-state index in [0.717, 1.165) is 6.42 Å². The fourth-order valence-corrected chi connectivity index (χ4v) is 1.58. The molecule has 92 valence electrons. The summed E-state index contributed by atoms with van der Waals surface area (Å²) < 4.78 is 16.9. The van der Waals surface area contributed by atoms with Crippen LogP contribution in [0.15, 0.2) is 0 Å². The number of nitrogens with two attached hydrogens (primary N) is 1. The van der Waals surface area contributed by atoms with Gasteiger partial charge in [-0.15, -0.1) is 0 Å². The van der Waals surface area contributed by atoms with Crippen LogP contribution in [0, 0.1) is 5.92 Å². The van der Waals surface area contributed by atoms with Crippen LogP contribution in [0.3, 0.4) is 0 Å². The fourth-order valence-electron chi connectivity index (χ4n) is 1.58. The smallest absolute Gasteiger partial charge is 0.285 e. The molecule has 0 radical (unpaired) electrons. The Hall–Kier alpha value is -0.160. The van der Waals surface area contributed by atoms with Gasteiger partial charge in [0, 0.05) is 25.7 Å². The predicted octanol–water partition coefficient (Wildman–Crippen LogP) is 1.73. The Balaban J connectivity index is 4.57. The lowest BCUT2D eigenvalue weighted by atomic mass is 10.1. The Morgan fingerprint density at radius 2 is 1.40 bits per heavy atom. The minimum atomic E-state index is -0.919. The van der Waals surface area contributed by atoms with Gasteiger partial charge in [0.2, 0.25) is 0 Å². The molecule has 0 aromatic rings. The van der Waals surface area contributed by atoms with Gasteiger partial charge in [-0.3, -0.25) is 0 Å². The fraction of sp³-hybridized carbons (Fsp3) is 1.00. The first-order chi connectivity index (χ1) is 7.16. The highest BCUT2D eigenvalue weighted by Gasteiger charge is 2.38. The number of hydrogen-bond acceptors (Lipinski definition) is 4. The van der Waals surface area contributed by atoms with Crippen molar-refractivity contribution in [2.75, 3.05) is 26.4 Å². The minimum absolute atomic E-state index is 0.127. The summed E-state index contributed by atoms with van der Waals surface area (Å²) in [5.74, 6) is -0.792. The molecular weight excluding hydrogens is 194 g/mol. The highest BCUT2D eigenvalue weighted by Crippen LogP contribution is 2.27. The first-order valence-corrected chi connectivity index (χ1v) is 5.78. The third-order valence-corrected chi connectivity index (χ3v) is 2.24. The topological polar surface area (TPSA) is 53.7 Å². The van der Waals surface area contributed by atoms with E-state index in [1.54, 1.807) is 0 Å². The molecule has 1 unspecified atom stereocenters. The summed E-state index contributed by atoms with van der Waals surface area (Å²) >= 11 is 0. The van der Waals surface area contributed by atoms with Crippen molar-refractivity contribution in [3.8, 4) is 0 Å². The zero-order valence-electron chi connectivity index (χ0n) is 10.4. The summed E-state index contributed by atoms with van der Waals surface area (Å²) in [4.78, 5) is 0. The molecule has 0 aromatic heterocycles. The monoisotopic (exact) mass is 219 g/mol. The van der Waals surface area contributed by atoms with Gasteiger partial charge in [0.05, 0.1) is 0 Å². The van der Waals surface area contributed by atoms with E-state index in [1.165, 1.54) is 0 Å². The van der Waals surface area contributed by atoms with E-state index in [1.807, 2.05) is 27.7 Å². The van der Waals surface area contributed by atoms with Crippen LogP contribution in [0.2, 0.25) is 0 Å². The molecule has 0 saturated heterocycles. The van der Waals surface area contributed by atoms with E-state index < -0.39 is 5.97 Å². The molecular formula is C11H25NO3. The maximum Gasteiger partial charge on any atom is 0.285 e. The molecule has 4 nitrogen and oxygen atoms in total. The molecule has 0 heterocycles. The molecule has 0 fully saturated rings. The maximum absolute atomic E-state index is 5.62. The SMILES string of the molecule is CCOC(OCC)(OCC)C(C)CCN. The van der Waals surface area contributed by atoms with E-state index in [2.05, 4.69) is 0 Å². The van der Waals surface area contributed by atoms with Crippen LogP contribution in [0.1, 0.15) is 34.1 Å². The Labute approximate surface area is 93.1 Å². The van der Waals surface area contributed by atoms with E-state index >= 15 is 0 Å². The van der Waals surface area contributed by atoms with Gasteiger partial charge in [0.1, 0.15) is 0 Å². The van der Waals surface area contributed by atoms with Gasteiger partial charge < -0.3 is 19.9 Å². The molecule has 0 spiro atoms. The molecule has 0 aliphatic rings. The van der Waals surface area contributed by atoms with Crippen molar-refractivity contribution in [2.24, 2.45) is 11.7 Å². The lowest BCUT2D eigenvalue weighted by molar-refractivity contribution is -0.399. The van der Waals surface area contributed by atoms with E-state index in [0.29, 0.717) is 26.4 Å². The number of rotatable bonds is 9. The van der Waals surface area contributed by atoms with Crippen molar-refractivity contribution < 1.29 is 14.2 Å². The van der Waals surface area contributed by atoms with Crippen molar-refractivity contribution in [2.45, 2.75) is 40.1 Å². The first-order valence-electron chi connectivity index (χ1n) is 5.78. The van der Waals surface area contributed by atoms with Crippen LogP contribution in [0.25, 0.3) is 0 Å². The minimum Gasteiger partial charge on any atom is -0.330 e. The largest absolute Gasteiger partial charge is 0.330 e. The molecule has 0 aliphatic carbocycles. The van der Waals surface area contributed by atoms with Crippen molar-refractivity contribution in [1.82, 2.24) is 0 Å². The molecule has 2 N–H and O–H groups in total. The third-order valence-electron chi connectivity index (χ3n) is 2.24. The van der Waals surface area contributed by atoms with Gasteiger partial charge in [0.15, 0.2) is 0 Å².